The van der Waals surface area contributed by atoms with Crippen molar-refractivity contribution < 1.29 is 14.3 Å². The number of piperazine rings is 1. The Labute approximate surface area is 158 Å². The first kappa shape index (κ1) is 17.4. The van der Waals surface area contributed by atoms with Crippen molar-refractivity contribution in [2.45, 2.75) is 6.42 Å². The summed E-state index contributed by atoms with van der Waals surface area (Å²) in [6.45, 7) is 3.16. The number of carbonyl (C=O) groups excluding carboxylic acids is 2. The maximum atomic E-state index is 12.7. The molecule has 0 spiro atoms. The van der Waals surface area contributed by atoms with E-state index in [2.05, 4.69) is 22.3 Å². The number of nitrogens with one attached hydrogen (secondary N) is 1. The zero-order valence-electron chi connectivity index (χ0n) is 15.1. The molecule has 0 unspecified atom stereocenters. The third kappa shape index (κ3) is 3.89. The molecule has 0 saturated carbocycles. The molecular formula is C21H23N3O3. The fraction of sp³-hybridized carbons (Fsp3) is 0.333. The summed E-state index contributed by atoms with van der Waals surface area (Å²) in [5.74, 6) is 0.0305. The van der Waals surface area contributed by atoms with Crippen molar-refractivity contribution >= 4 is 23.2 Å². The Morgan fingerprint density at radius 2 is 1.70 bits per heavy atom. The standard InChI is InChI=1S/C21H23N3O3/c25-20(24-12-10-23(11-13-24)17-6-2-1-3-7-17)14-16-15-27-19-9-5-4-8-18(19)22-21(16)26/h1-9,16H,10-15H2,(H,22,26)/t16-/m0/s1. The average molecular weight is 365 g/mol. The SMILES string of the molecule is O=C1Nc2ccccc2OC[C@@H]1CC(=O)N1CCN(c2ccccc2)CC1. The van der Waals surface area contributed by atoms with E-state index in [4.69, 9.17) is 4.74 Å². The van der Waals surface area contributed by atoms with Crippen LogP contribution in [0.25, 0.3) is 0 Å². The van der Waals surface area contributed by atoms with Gasteiger partial charge in [-0.25, -0.2) is 0 Å². The Kier molecular flexibility index (Phi) is 4.96. The van der Waals surface area contributed by atoms with Gasteiger partial charge in [0.25, 0.3) is 0 Å². The number of para-hydroxylation sites is 3. The first-order valence-electron chi connectivity index (χ1n) is 9.31. The highest BCUT2D eigenvalue weighted by Gasteiger charge is 2.30. The van der Waals surface area contributed by atoms with Crippen LogP contribution < -0.4 is 15.0 Å². The molecule has 4 rings (SSSR count). The number of benzene rings is 2. The summed E-state index contributed by atoms with van der Waals surface area (Å²) in [6.07, 6.45) is 0.172. The van der Waals surface area contributed by atoms with Gasteiger partial charge in [0.05, 0.1) is 11.6 Å². The maximum Gasteiger partial charge on any atom is 0.231 e. The highest BCUT2D eigenvalue weighted by Crippen LogP contribution is 2.28. The van der Waals surface area contributed by atoms with Crippen LogP contribution in [0.2, 0.25) is 0 Å². The summed E-state index contributed by atoms with van der Waals surface area (Å²) >= 11 is 0. The molecule has 2 amide bonds. The Morgan fingerprint density at radius 3 is 2.48 bits per heavy atom. The second-order valence-corrected chi connectivity index (χ2v) is 6.90. The van der Waals surface area contributed by atoms with Crippen LogP contribution in [0, 0.1) is 5.92 Å². The molecule has 27 heavy (non-hydrogen) atoms. The van der Waals surface area contributed by atoms with Crippen LogP contribution in [-0.4, -0.2) is 49.5 Å². The molecular weight excluding hydrogens is 342 g/mol. The lowest BCUT2D eigenvalue weighted by Crippen LogP contribution is -2.49. The van der Waals surface area contributed by atoms with Gasteiger partial charge in [-0.2, -0.15) is 0 Å². The van der Waals surface area contributed by atoms with Crippen LogP contribution >= 0.6 is 0 Å². The molecule has 1 atom stereocenters. The fourth-order valence-electron chi connectivity index (χ4n) is 3.54. The first-order valence-corrected chi connectivity index (χ1v) is 9.31. The zero-order chi connectivity index (χ0) is 18.6. The fourth-order valence-corrected chi connectivity index (χ4v) is 3.54. The van der Waals surface area contributed by atoms with Crippen molar-refractivity contribution in [3.8, 4) is 5.75 Å². The number of anilines is 2. The number of carbonyl (C=O) groups is 2. The van der Waals surface area contributed by atoms with Gasteiger partial charge in [0.1, 0.15) is 12.4 Å². The molecule has 0 aliphatic carbocycles. The monoisotopic (exact) mass is 365 g/mol. The smallest absolute Gasteiger partial charge is 0.231 e. The van der Waals surface area contributed by atoms with E-state index >= 15 is 0 Å². The van der Waals surface area contributed by atoms with Crippen molar-refractivity contribution in [1.29, 1.82) is 0 Å². The molecule has 0 bridgehead atoms. The Morgan fingerprint density at radius 1 is 1.00 bits per heavy atom. The number of nitrogens with zero attached hydrogens (tertiary/aromatic N) is 2. The minimum absolute atomic E-state index is 0.0115. The minimum atomic E-state index is -0.475. The van der Waals surface area contributed by atoms with Gasteiger partial charge in [-0.15, -0.1) is 0 Å². The lowest BCUT2D eigenvalue weighted by molar-refractivity contribution is -0.135. The molecule has 1 saturated heterocycles. The van der Waals surface area contributed by atoms with E-state index in [1.807, 2.05) is 41.3 Å². The minimum Gasteiger partial charge on any atom is -0.491 e. The van der Waals surface area contributed by atoms with E-state index in [1.165, 1.54) is 5.69 Å². The number of amides is 2. The number of ether oxygens (including phenoxy) is 1. The van der Waals surface area contributed by atoms with Crippen molar-refractivity contribution in [2.75, 3.05) is 43.0 Å². The lowest BCUT2D eigenvalue weighted by atomic mass is 10.0. The summed E-state index contributed by atoms with van der Waals surface area (Å²) in [5, 5.41) is 2.87. The van der Waals surface area contributed by atoms with Crippen LogP contribution in [-0.2, 0) is 9.59 Å². The molecule has 6 heteroatoms. The lowest BCUT2D eigenvalue weighted by Gasteiger charge is -2.36. The molecule has 6 nitrogen and oxygen atoms in total. The predicted octanol–water partition coefficient (Wildman–Crippen LogP) is 2.37. The highest BCUT2D eigenvalue weighted by atomic mass is 16.5. The summed E-state index contributed by atoms with van der Waals surface area (Å²) in [4.78, 5) is 29.3. The summed E-state index contributed by atoms with van der Waals surface area (Å²) < 4.78 is 5.73. The van der Waals surface area contributed by atoms with Gasteiger partial charge in [-0.1, -0.05) is 30.3 Å². The third-order valence-electron chi connectivity index (χ3n) is 5.13. The Hall–Kier alpha value is -3.02. The molecule has 140 valence electrons. The summed E-state index contributed by atoms with van der Waals surface area (Å²) in [5.41, 5.74) is 1.84. The van der Waals surface area contributed by atoms with Crippen molar-refractivity contribution in [2.24, 2.45) is 5.92 Å². The van der Waals surface area contributed by atoms with E-state index in [0.29, 0.717) is 24.5 Å². The van der Waals surface area contributed by atoms with E-state index in [-0.39, 0.29) is 24.8 Å². The molecule has 2 aliphatic heterocycles. The van der Waals surface area contributed by atoms with Gasteiger partial charge in [-0.3, -0.25) is 9.59 Å². The average Bonchev–Trinajstić information content (AvgIpc) is 2.87. The topological polar surface area (TPSA) is 61.9 Å². The van der Waals surface area contributed by atoms with Crippen LogP contribution in [0.15, 0.2) is 54.6 Å². The van der Waals surface area contributed by atoms with E-state index in [1.54, 1.807) is 6.07 Å². The second kappa shape index (κ2) is 7.70. The van der Waals surface area contributed by atoms with Crippen molar-refractivity contribution in [3.63, 3.8) is 0 Å². The van der Waals surface area contributed by atoms with Crippen molar-refractivity contribution in [3.05, 3.63) is 54.6 Å². The molecule has 2 aliphatic rings. The van der Waals surface area contributed by atoms with Crippen LogP contribution in [0.5, 0.6) is 5.75 Å². The normalized spacial score (nSPS) is 19.6. The quantitative estimate of drug-likeness (QED) is 0.907. The molecule has 0 radical (unpaired) electrons. The van der Waals surface area contributed by atoms with Crippen LogP contribution in [0.3, 0.4) is 0 Å². The van der Waals surface area contributed by atoms with E-state index in [0.717, 1.165) is 13.1 Å². The van der Waals surface area contributed by atoms with Gasteiger partial charge in [0.2, 0.25) is 11.8 Å². The van der Waals surface area contributed by atoms with E-state index < -0.39 is 5.92 Å². The largest absolute Gasteiger partial charge is 0.491 e. The number of rotatable bonds is 3. The Bertz CT molecular complexity index is 816. The number of fused-ring (bicyclic) bond motifs is 1. The first-order chi connectivity index (χ1) is 13.2. The summed E-state index contributed by atoms with van der Waals surface area (Å²) in [7, 11) is 0. The molecule has 2 aromatic carbocycles. The molecule has 0 aromatic heterocycles. The number of hydrogen-bond donors (Lipinski definition) is 1. The van der Waals surface area contributed by atoms with Gasteiger partial charge in [0, 0.05) is 38.3 Å². The second-order valence-electron chi connectivity index (χ2n) is 6.90. The molecule has 1 N–H and O–H groups in total. The third-order valence-corrected chi connectivity index (χ3v) is 5.13. The van der Waals surface area contributed by atoms with Gasteiger partial charge in [-0.05, 0) is 24.3 Å². The number of hydrogen-bond acceptors (Lipinski definition) is 4. The Balaban J connectivity index is 1.33. The zero-order valence-corrected chi connectivity index (χ0v) is 15.1. The van der Waals surface area contributed by atoms with Gasteiger partial charge in [0.15, 0.2) is 0 Å². The van der Waals surface area contributed by atoms with Gasteiger partial charge < -0.3 is 19.9 Å². The molecule has 1 fully saturated rings. The van der Waals surface area contributed by atoms with Crippen molar-refractivity contribution in [1.82, 2.24) is 4.90 Å². The van der Waals surface area contributed by atoms with Crippen LogP contribution in [0.1, 0.15) is 6.42 Å². The predicted molar refractivity (Wildman–Crippen MR) is 104 cm³/mol. The molecule has 2 heterocycles. The maximum absolute atomic E-state index is 12.7. The van der Waals surface area contributed by atoms with Gasteiger partial charge >= 0.3 is 0 Å². The highest BCUT2D eigenvalue weighted by molar-refractivity contribution is 5.97. The molecule has 2 aromatic rings. The van der Waals surface area contributed by atoms with Crippen LogP contribution in [0.4, 0.5) is 11.4 Å². The van der Waals surface area contributed by atoms with E-state index in [9.17, 15) is 9.59 Å². The summed E-state index contributed by atoms with van der Waals surface area (Å²) in [6, 6.07) is 17.6.